The summed E-state index contributed by atoms with van der Waals surface area (Å²) in [6, 6.07) is 7.50. The van der Waals surface area contributed by atoms with Crippen LogP contribution in [-0.2, 0) is 15.0 Å². The van der Waals surface area contributed by atoms with Crippen LogP contribution in [0.25, 0.3) is 11.3 Å². The smallest absolute Gasteiger partial charge is 0.281 e. The number of hydrogen-bond donors (Lipinski definition) is 1. The SMILES string of the molecule is CN(C)S(=O)(=O)N1CCC[C@H](C(=O)Nc2ccc(-c3cscn3)cc2)C1. The van der Waals surface area contributed by atoms with E-state index in [0.29, 0.717) is 25.1 Å². The Labute approximate surface area is 157 Å². The Morgan fingerprint density at radius 2 is 2.04 bits per heavy atom. The Kier molecular flexibility index (Phi) is 5.71. The lowest BCUT2D eigenvalue weighted by Crippen LogP contribution is -2.47. The van der Waals surface area contributed by atoms with Crippen LogP contribution in [0.2, 0.25) is 0 Å². The van der Waals surface area contributed by atoms with E-state index in [4.69, 9.17) is 0 Å². The molecule has 0 unspecified atom stereocenters. The van der Waals surface area contributed by atoms with Gasteiger partial charge in [-0.15, -0.1) is 11.3 Å². The Morgan fingerprint density at radius 1 is 1.31 bits per heavy atom. The fourth-order valence-electron chi connectivity index (χ4n) is 2.92. The summed E-state index contributed by atoms with van der Waals surface area (Å²) in [6.45, 7) is 0.663. The van der Waals surface area contributed by atoms with Crippen molar-refractivity contribution in [3.63, 3.8) is 0 Å². The fourth-order valence-corrected chi connectivity index (χ4v) is 4.67. The number of anilines is 1. The maximum Gasteiger partial charge on any atom is 0.281 e. The Hall–Kier alpha value is -1.81. The Balaban J connectivity index is 1.64. The van der Waals surface area contributed by atoms with E-state index in [0.717, 1.165) is 11.3 Å². The van der Waals surface area contributed by atoms with Crippen molar-refractivity contribution < 1.29 is 13.2 Å². The molecule has 1 atom stereocenters. The molecular weight excluding hydrogens is 372 g/mol. The normalized spacial score (nSPS) is 18.8. The molecule has 9 heteroatoms. The third-order valence-corrected chi connectivity index (χ3v) is 6.92. The predicted octanol–water partition coefficient (Wildman–Crippen LogP) is 2.27. The van der Waals surface area contributed by atoms with E-state index < -0.39 is 10.2 Å². The molecule has 7 nitrogen and oxygen atoms in total. The highest BCUT2D eigenvalue weighted by Crippen LogP contribution is 2.24. The van der Waals surface area contributed by atoms with Crippen molar-refractivity contribution in [3.8, 4) is 11.3 Å². The molecule has 1 aliphatic heterocycles. The molecule has 1 aliphatic rings. The summed E-state index contributed by atoms with van der Waals surface area (Å²) >= 11 is 1.53. The highest BCUT2D eigenvalue weighted by atomic mass is 32.2. The largest absolute Gasteiger partial charge is 0.326 e. The van der Waals surface area contributed by atoms with Crippen LogP contribution in [0.15, 0.2) is 35.2 Å². The minimum Gasteiger partial charge on any atom is -0.326 e. The van der Waals surface area contributed by atoms with Gasteiger partial charge in [-0.05, 0) is 25.0 Å². The maximum absolute atomic E-state index is 12.6. The van der Waals surface area contributed by atoms with Gasteiger partial charge in [0, 0.05) is 43.8 Å². The van der Waals surface area contributed by atoms with Gasteiger partial charge >= 0.3 is 0 Å². The second kappa shape index (κ2) is 7.83. The number of rotatable bonds is 5. The summed E-state index contributed by atoms with van der Waals surface area (Å²) in [6.07, 6.45) is 1.36. The molecular formula is C17H22N4O3S2. The molecule has 0 spiro atoms. The van der Waals surface area contributed by atoms with Gasteiger partial charge in [0.25, 0.3) is 10.2 Å². The van der Waals surface area contributed by atoms with E-state index in [-0.39, 0.29) is 18.4 Å². The third-order valence-electron chi connectivity index (χ3n) is 4.42. The number of thiazole rings is 1. The molecule has 1 amide bonds. The van der Waals surface area contributed by atoms with E-state index in [1.165, 1.54) is 34.0 Å². The van der Waals surface area contributed by atoms with E-state index in [1.807, 2.05) is 29.6 Å². The first-order valence-corrected chi connectivity index (χ1v) is 10.7. The summed E-state index contributed by atoms with van der Waals surface area (Å²) in [5, 5.41) is 4.86. The first-order chi connectivity index (χ1) is 12.4. The quantitative estimate of drug-likeness (QED) is 0.843. The number of hydrogen-bond acceptors (Lipinski definition) is 5. The van der Waals surface area contributed by atoms with Crippen LogP contribution in [0.1, 0.15) is 12.8 Å². The highest BCUT2D eigenvalue weighted by Gasteiger charge is 2.33. The minimum absolute atomic E-state index is 0.148. The molecule has 26 heavy (non-hydrogen) atoms. The van der Waals surface area contributed by atoms with Gasteiger partial charge in [0.15, 0.2) is 0 Å². The van der Waals surface area contributed by atoms with Gasteiger partial charge < -0.3 is 5.32 Å². The average molecular weight is 395 g/mol. The highest BCUT2D eigenvalue weighted by molar-refractivity contribution is 7.86. The van der Waals surface area contributed by atoms with Crippen molar-refractivity contribution in [2.75, 3.05) is 32.5 Å². The van der Waals surface area contributed by atoms with Crippen LogP contribution < -0.4 is 5.32 Å². The fraction of sp³-hybridized carbons (Fsp3) is 0.412. The molecule has 1 N–H and O–H groups in total. The number of amides is 1. The van der Waals surface area contributed by atoms with Gasteiger partial charge in [-0.25, -0.2) is 4.98 Å². The summed E-state index contributed by atoms with van der Waals surface area (Å²) < 4.78 is 27.1. The molecule has 1 saturated heterocycles. The molecule has 0 saturated carbocycles. The van der Waals surface area contributed by atoms with Gasteiger partial charge in [-0.1, -0.05) is 12.1 Å². The lowest BCUT2D eigenvalue weighted by Gasteiger charge is -2.32. The third kappa shape index (κ3) is 4.12. The molecule has 140 valence electrons. The van der Waals surface area contributed by atoms with E-state index >= 15 is 0 Å². The molecule has 2 aromatic rings. The zero-order valence-corrected chi connectivity index (χ0v) is 16.4. The maximum atomic E-state index is 12.6. The van der Waals surface area contributed by atoms with Gasteiger partial charge in [0.05, 0.1) is 17.1 Å². The van der Waals surface area contributed by atoms with E-state index in [9.17, 15) is 13.2 Å². The van der Waals surface area contributed by atoms with Crippen LogP contribution in [-0.4, -0.2) is 55.1 Å². The van der Waals surface area contributed by atoms with Gasteiger partial charge in [-0.3, -0.25) is 4.79 Å². The summed E-state index contributed by atoms with van der Waals surface area (Å²) in [4.78, 5) is 16.8. The number of piperidine rings is 1. The van der Waals surface area contributed by atoms with Crippen molar-refractivity contribution in [2.24, 2.45) is 5.92 Å². The number of aromatic nitrogens is 1. The van der Waals surface area contributed by atoms with Crippen LogP contribution in [0.3, 0.4) is 0 Å². The lowest BCUT2D eigenvalue weighted by molar-refractivity contribution is -0.120. The number of carbonyl (C=O) groups is 1. The topological polar surface area (TPSA) is 82.6 Å². The van der Waals surface area contributed by atoms with Crippen molar-refractivity contribution in [1.82, 2.24) is 13.6 Å². The number of nitrogens with zero attached hydrogens (tertiary/aromatic N) is 3. The van der Waals surface area contributed by atoms with Crippen molar-refractivity contribution in [1.29, 1.82) is 0 Å². The van der Waals surface area contributed by atoms with E-state index in [2.05, 4.69) is 10.3 Å². The predicted molar refractivity (Wildman–Crippen MR) is 103 cm³/mol. The van der Waals surface area contributed by atoms with Gasteiger partial charge in [-0.2, -0.15) is 17.0 Å². The zero-order chi connectivity index (χ0) is 18.7. The standard InChI is InChI=1S/C17H22N4O3S2/c1-20(2)26(23,24)21-9-3-4-14(10-21)17(22)19-15-7-5-13(6-8-15)16-11-25-12-18-16/h5-8,11-12,14H,3-4,9-10H2,1-2H3,(H,19,22)/t14-/m0/s1. The first-order valence-electron chi connectivity index (χ1n) is 8.35. The van der Waals surface area contributed by atoms with Gasteiger partial charge in [0.2, 0.25) is 5.91 Å². The van der Waals surface area contributed by atoms with Crippen molar-refractivity contribution in [2.45, 2.75) is 12.8 Å². The van der Waals surface area contributed by atoms with Crippen molar-refractivity contribution in [3.05, 3.63) is 35.2 Å². The molecule has 0 aliphatic carbocycles. The molecule has 1 aromatic carbocycles. The van der Waals surface area contributed by atoms with E-state index in [1.54, 1.807) is 5.51 Å². The molecule has 0 radical (unpaired) electrons. The molecule has 0 bridgehead atoms. The summed E-state index contributed by atoms with van der Waals surface area (Å²) in [5.41, 5.74) is 4.37. The number of nitrogens with one attached hydrogen (secondary N) is 1. The first kappa shape index (κ1) is 19.0. The number of carbonyl (C=O) groups excluding carboxylic acids is 1. The van der Waals surface area contributed by atoms with Crippen LogP contribution >= 0.6 is 11.3 Å². The average Bonchev–Trinajstić information content (AvgIpc) is 3.17. The number of benzene rings is 1. The lowest BCUT2D eigenvalue weighted by atomic mass is 9.98. The van der Waals surface area contributed by atoms with Gasteiger partial charge in [0.1, 0.15) is 0 Å². The summed E-state index contributed by atoms with van der Waals surface area (Å²) in [7, 11) is -0.483. The monoisotopic (exact) mass is 394 g/mol. The van der Waals surface area contributed by atoms with Crippen LogP contribution in [0.5, 0.6) is 0 Å². The minimum atomic E-state index is -3.49. The second-order valence-electron chi connectivity index (χ2n) is 6.43. The van der Waals surface area contributed by atoms with Crippen LogP contribution in [0, 0.1) is 5.92 Å². The Bertz CT molecular complexity index is 849. The molecule has 3 rings (SSSR count). The van der Waals surface area contributed by atoms with Crippen molar-refractivity contribution >= 4 is 33.1 Å². The summed E-state index contributed by atoms with van der Waals surface area (Å²) in [5.74, 6) is -0.498. The zero-order valence-electron chi connectivity index (χ0n) is 14.8. The molecule has 2 heterocycles. The second-order valence-corrected chi connectivity index (χ2v) is 9.29. The van der Waals surface area contributed by atoms with Crippen LogP contribution in [0.4, 0.5) is 5.69 Å². The molecule has 1 fully saturated rings. The molecule has 1 aromatic heterocycles. The Morgan fingerprint density at radius 3 is 2.65 bits per heavy atom.